The lowest BCUT2D eigenvalue weighted by atomic mass is 10.3. The van der Waals surface area contributed by atoms with Gasteiger partial charge in [-0.2, -0.15) is 0 Å². The largest absolute Gasteiger partial charge is 0.436 e. The SMILES string of the molecule is N=C(N)c1cccc(Oc2cc(F)ccc2F)n1. The molecule has 2 aromatic rings. The molecule has 0 aliphatic rings. The van der Waals surface area contributed by atoms with Crippen LogP contribution in [0.1, 0.15) is 5.69 Å². The third-order valence-corrected chi connectivity index (χ3v) is 2.11. The zero-order valence-corrected chi connectivity index (χ0v) is 9.15. The van der Waals surface area contributed by atoms with Gasteiger partial charge in [-0.1, -0.05) is 6.07 Å². The second kappa shape index (κ2) is 4.79. The molecule has 3 N–H and O–H groups in total. The van der Waals surface area contributed by atoms with Crippen LogP contribution in [0.5, 0.6) is 11.6 Å². The first kappa shape index (κ1) is 12.0. The number of benzene rings is 1. The molecule has 18 heavy (non-hydrogen) atoms. The minimum atomic E-state index is -0.702. The number of nitrogens with zero attached hydrogens (tertiary/aromatic N) is 1. The molecule has 1 aromatic heterocycles. The van der Waals surface area contributed by atoms with Gasteiger partial charge in [0.1, 0.15) is 17.3 Å². The van der Waals surface area contributed by atoms with Crippen molar-refractivity contribution in [3.05, 3.63) is 53.7 Å². The number of hydrogen-bond donors (Lipinski definition) is 2. The zero-order chi connectivity index (χ0) is 13.1. The number of nitrogens with one attached hydrogen (secondary N) is 1. The molecule has 4 nitrogen and oxygen atoms in total. The highest BCUT2D eigenvalue weighted by molar-refractivity contribution is 5.93. The van der Waals surface area contributed by atoms with Gasteiger partial charge in [0.05, 0.1) is 0 Å². The highest BCUT2D eigenvalue weighted by Gasteiger charge is 2.08. The average molecular weight is 249 g/mol. The summed E-state index contributed by atoms with van der Waals surface area (Å²) >= 11 is 0. The van der Waals surface area contributed by atoms with E-state index in [0.29, 0.717) is 0 Å². The zero-order valence-electron chi connectivity index (χ0n) is 9.15. The molecule has 0 aliphatic heterocycles. The van der Waals surface area contributed by atoms with Crippen molar-refractivity contribution in [1.29, 1.82) is 5.41 Å². The van der Waals surface area contributed by atoms with E-state index in [2.05, 4.69) is 4.98 Å². The van der Waals surface area contributed by atoms with E-state index in [1.54, 1.807) is 6.07 Å². The molecule has 0 spiro atoms. The molecule has 0 atom stereocenters. The van der Waals surface area contributed by atoms with Gasteiger partial charge in [0.15, 0.2) is 11.6 Å². The van der Waals surface area contributed by atoms with Crippen LogP contribution < -0.4 is 10.5 Å². The Morgan fingerprint density at radius 3 is 2.72 bits per heavy atom. The number of aromatic nitrogens is 1. The van der Waals surface area contributed by atoms with Crippen LogP contribution in [0.4, 0.5) is 8.78 Å². The highest BCUT2D eigenvalue weighted by Crippen LogP contribution is 2.23. The minimum Gasteiger partial charge on any atom is -0.436 e. The van der Waals surface area contributed by atoms with Gasteiger partial charge < -0.3 is 10.5 Å². The van der Waals surface area contributed by atoms with Gasteiger partial charge in [0.25, 0.3) is 0 Å². The lowest BCUT2D eigenvalue weighted by Crippen LogP contribution is -2.13. The number of pyridine rings is 1. The second-order valence-corrected chi connectivity index (χ2v) is 3.45. The van der Waals surface area contributed by atoms with Gasteiger partial charge in [0, 0.05) is 12.1 Å². The van der Waals surface area contributed by atoms with Crippen molar-refractivity contribution < 1.29 is 13.5 Å². The van der Waals surface area contributed by atoms with Crippen LogP contribution in [-0.4, -0.2) is 10.8 Å². The summed E-state index contributed by atoms with van der Waals surface area (Å²) in [5.41, 5.74) is 5.46. The van der Waals surface area contributed by atoms with Crippen molar-refractivity contribution in [2.75, 3.05) is 0 Å². The quantitative estimate of drug-likeness (QED) is 0.648. The Balaban J connectivity index is 2.31. The maximum Gasteiger partial charge on any atom is 0.220 e. The van der Waals surface area contributed by atoms with Crippen molar-refractivity contribution in [3.63, 3.8) is 0 Å². The molecule has 0 bridgehead atoms. The molecule has 0 unspecified atom stereocenters. The summed E-state index contributed by atoms with van der Waals surface area (Å²) in [5, 5.41) is 7.21. The second-order valence-electron chi connectivity index (χ2n) is 3.45. The van der Waals surface area contributed by atoms with E-state index in [1.165, 1.54) is 12.1 Å². The van der Waals surface area contributed by atoms with E-state index in [4.69, 9.17) is 15.9 Å². The topological polar surface area (TPSA) is 72.0 Å². The molecule has 0 fully saturated rings. The maximum absolute atomic E-state index is 13.3. The first-order chi connectivity index (χ1) is 8.56. The first-order valence-corrected chi connectivity index (χ1v) is 5.00. The minimum absolute atomic E-state index is 0.0344. The predicted molar refractivity (Wildman–Crippen MR) is 61.7 cm³/mol. The Morgan fingerprint density at radius 2 is 2.00 bits per heavy atom. The van der Waals surface area contributed by atoms with Crippen LogP contribution in [-0.2, 0) is 0 Å². The highest BCUT2D eigenvalue weighted by atomic mass is 19.1. The van der Waals surface area contributed by atoms with Gasteiger partial charge in [0.2, 0.25) is 5.88 Å². The Kier molecular flexibility index (Phi) is 3.18. The summed E-state index contributed by atoms with van der Waals surface area (Å²) in [7, 11) is 0. The number of hydrogen-bond acceptors (Lipinski definition) is 3. The Hall–Kier alpha value is -2.50. The van der Waals surface area contributed by atoms with Crippen LogP contribution in [0.2, 0.25) is 0 Å². The molecule has 0 amide bonds. The summed E-state index contributed by atoms with van der Waals surface area (Å²) in [4.78, 5) is 3.88. The summed E-state index contributed by atoms with van der Waals surface area (Å²) < 4.78 is 31.4. The lowest BCUT2D eigenvalue weighted by Gasteiger charge is -2.06. The fourth-order valence-electron chi connectivity index (χ4n) is 1.29. The predicted octanol–water partition coefficient (Wildman–Crippen LogP) is 2.44. The van der Waals surface area contributed by atoms with Crippen molar-refractivity contribution in [2.24, 2.45) is 5.73 Å². The van der Waals surface area contributed by atoms with Crippen molar-refractivity contribution in [1.82, 2.24) is 4.98 Å². The standard InChI is InChI=1S/C12H9F2N3O/c13-7-4-5-8(14)10(6-7)18-11-3-1-2-9(17-11)12(15)16/h1-6H,(H3,15,16). The normalized spacial score (nSPS) is 10.1. The molecule has 0 saturated carbocycles. The third-order valence-electron chi connectivity index (χ3n) is 2.11. The Morgan fingerprint density at radius 1 is 1.22 bits per heavy atom. The fourth-order valence-corrected chi connectivity index (χ4v) is 1.29. The van der Waals surface area contributed by atoms with Gasteiger partial charge >= 0.3 is 0 Å². The van der Waals surface area contributed by atoms with E-state index in [9.17, 15) is 8.78 Å². The maximum atomic E-state index is 13.3. The van der Waals surface area contributed by atoms with Crippen molar-refractivity contribution in [3.8, 4) is 11.6 Å². The summed E-state index contributed by atoms with van der Waals surface area (Å²) in [6, 6.07) is 7.38. The number of nitrogen functional groups attached to an aromatic ring is 1. The van der Waals surface area contributed by atoms with Crippen LogP contribution >= 0.6 is 0 Å². The summed E-state index contributed by atoms with van der Waals surface area (Å²) in [5.74, 6) is -1.80. The van der Waals surface area contributed by atoms with Crippen LogP contribution in [0.3, 0.4) is 0 Å². The number of ether oxygens (including phenoxy) is 1. The molecule has 2 rings (SSSR count). The molecule has 1 aromatic carbocycles. The van der Waals surface area contributed by atoms with E-state index in [1.807, 2.05) is 0 Å². The lowest BCUT2D eigenvalue weighted by molar-refractivity contribution is 0.422. The van der Waals surface area contributed by atoms with Gasteiger partial charge in [-0.15, -0.1) is 0 Å². The number of nitrogens with two attached hydrogens (primary N) is 1. The molecule has 0 saturated heterocycles. The van der Waals surface area contributed by atoms with Crippen LogP contribution in [0.15, 0.2) is 36.4 Å². The molecular formula is C12H9F2N3O. The van der Waals surface area contributed by atoms with Crippen LogP contribution in [0.25, 0.3) is 0 Å². The average Bonchev–Trinajstić information content (AvgIpc) is 2.34. The van der Waals surface area contributed by atoms with Gasteiger partial charge in [-0.25, -0.2) is 13.8 Å². The molecule has 92 valence electrons. The smallest absolute Gasteiger partial charge is 0.220 e. The first-order valence-electron chi connectivity index (χ1n) is 5.00. The molecule has 0 radical (unpaired) electrons. The van der Waals surface area contributed by atoms with Crippen molar-refractivity contribution in [2.45, 2.75) is 0 Å². The summed E-state index contributed by atoms with van der Waals surface area (Å²) in [6.07, 6.45) is 0. The van der Waals surface area contributed by atoms with Gasteiger partial charge in [-0.05, 0) is 18.2 Å². The van der Waals surface area contributed by atoms with E-state index < -0.39 is 11.6 Å². The number of rotatable bonds is 3. The summed E-state index contributed by atoms with van der Waals surface area (Å²) in [6.45, 7) is 0. The Bertz CT molecular complexity index is 602. The number of halogens is 2. The third kappa shape index (κ3) is 2.60. The van der Waals surface area contributed by atoms with E-state index >= 15 is 0 Å². The fraction of sp³-hybridized carbons (Fsp3) is 0. The number of amidine groups is 1. The van der Waals surface area contributed by atoms with Gasteiger partial charge in [-0.3, -0.25) is 5.41 Å². The molecule has 6 heteroatoms. The van der Waals surface area contributed by atoms with E-state index in [-0.39, 0.29) is 23.2 Å². The van der Waals surface area contributed by atoms with E-state index in [0.717, 1.165) is 18.2 Å². The Labute approximate surface area is 102 Å². The molecular weight excluding hydrogens is 240 g/mol. The van der Waals surface area contributed by atoms with Crippen LogP contribution in [0, 0.1) is 17.0 Å². The van der Waals surface area contributed by atoms with Crippen molar-refractivity contribution >= 4 is 5.84 Å². The molecule has 1 heterocycles. The molecule has 0 aliphatic carbocycles. The monoisotopic (exact) mass is 249 g/mol.